The Morgan fingerprint density at radius 3 is 2.62 bits per heavy atom. The molecule has 7 heteroatoms. The predicted molar refractivity (Wildman–Crippen MR) is 69.6 cm³/mol. The number of carboxylic acid groups (broad SMARTS) is 1. The second-order valence-electron chi connectivity index (χ2n) is 4.46. The van der Waals surface area contributed by atoms with E-state index >= 15 is 0 Å². The van der Waals surface area contributed by atoms with E-state index in [-0.39, 0.29) is 17.7 Å². The van der Waals surface area contributed by atoms with Crippen molar-refractivity contribution in [2.45, 2.75) is 6.54 Å². The first-order chi connectivity index (χ1) is 10.1. The minimum Gasteiger partial charge on any atom is -0.478 e. The van der Waals surface area contributed by atoms with Crippen molar-refractivity contribution >= 4 is 17.8 Å². The highest BCUT2D eigenvalue weighted by Gasteiger charge is 2.35. The van der Waals surface area contributed by atoms with E-state index in [1.807, 2.05) is 0 Å². The van der Waals surface area contributed by atoms with E-state index in [9.17, 15) is 14.4 Å². The number of hydrogen-bond donors (Lipinski definition) is 1. The molecule has 0 fully saturated rings. The molecule has 21 heavy (non-hydrogen) atoms. The number of hydrogen-bond acceptors (Lipinski definition) is 5. The zero-order valence-electron chi connectivity index (χ0n) is 10.7. The van der Waals surface area contributed by atoms with Gasteiger partial charge in [-0.2, -0.15) is 0 Å². The number of imide groups is 1. The van der Waals surface area contributed by atoms with Gasteiger partial charge in [-0.05, 0) is 18.2 Å². The number of amides is 2. The van der Waals surface area contributed by atoms with Crippen LogP contribution < -0.4 is 0 Å². The smallest absolute Gasteiger partial charge is 0.335 e. The number of aromatic carboxylic acids is 1. The van der Waals surface area contributed by atoms with Crippen molar-refractivity contribution < 1.29 is 19.5 Å². The van der Waals surface area contributed by atoms with Crippen LogP contribution in [0, 0.1) is 0 Å². The zero-order valence-corrected chi connectivity index (χ0v) is 10.7. The number of rotatable bonds is 3. The highest BCUT2D eigenvalue weighted by atomic mass is 16.4. The molecule has 7 nitrogen and oxygen atoms in total. The molecule has 0 unspecified atom stereocenters. The van der Waals surface area contributed by atoms with Crippen molar-refractivity contribution in [1.82, 2.24) is 14.9 Å². The summed E-state index contributed by atoms with van der Waals surface area (Å²) in [5.74, 6) is -1.98. The molecule has 1 aliphatic rings. The molecule has 0 saturated heterocycles. The van der Waals surface area contributed by atoms with Gasteiger partial charge in [0.05, 0.1) is 28.9 Å². The summed E-state index contributed by atoms with van der Waals surface area (Å²) in [5, 5.41) is 8.93. The highest BCUT2D eigenvalue weighted by molar-refractivity contribution is 6.21. The minimum absolute atomic E-state index is 0.0540. The number of carbonyl (C=O) groups excluding carboxylic acids is 2. The molecule has 0 aromatic carbocycles. The fourth-order valence-electron chi connectivity index (χ4n) is 2.14. The van der Waals surface area contributed by atoms with Gasteiger partial charge in [-0.3, -0.25) is 24.5 Å². The Morgan fingerprint density at radius 2 is 1.90 bits per heavy atom. The molecule has 2 amide bonds. The lowest BCUT2D eigenvalue weighted by Gasteiger charge is -2.13. The van der Waals surface area contributed by atoms with Gasteiger partial charge in [0.1, 0.15) is 0 Å². The Morgan fingerprint density at radius 1 is 1.14 bits per heavy atom. The van der Waals surface area contributed by atoms with Crippen molar-refractivity contribution in [3.8, 4) is 0 Å². The lowest BCUT2D eigenvalue weighted by molar-refractivity contribution is 0.0639. The largest absolute Gasteiger partial charge is 0.478 e. The van der Waals surface area contributed by atoms with Crippen LogP contribution in [0.1, 0.15) is 36.8 Å². The highest BCUT2D eigenvalue weighted by Crippen LogP contribution is 2.23. The molecule has 1 N–H and O–H groups in total. The molecule has 0 bridgehead atoms. The maximum absolute atomic E-state index is 12.2. The zero-order chi connectivity index (χ0) is 15.0. The van der Waals surface area contributed by atoms with Crippen LogP contribution in [0.5, 0.6) is 0 Å². The Kier molecular flexibility index (Phi) is 2.94. The molecule has 0 atom stereocenters. The lowest BCUT2D eigenvalue weighted by atomic mass is 10.2. The molecule has 3 heterocycles. The Balaban J connectivity index is 1.90. The molecular formula is C14H9N3O4. The van der Waals surface area contributed by atoms with E-state index in [1.54, 1.807) is 0 Å². The summed E-state index contributed by atoms with van der Waals surface area (Å²) in [6.45, 7) is -0.0759. The van der Waals surface area contributed by atoms with E-state index in [0.717, 1.165) is 4.90 Å². The van der Waals surface area contributed by atoms with Gasteiger partial charge in [0.25, 0.3) is 11.8 Å². The second kappa shape index (κ2) is 4.78. The molecule has 0 aliphatic carbocycles. The van der Waals surface area contributed by atoms with Gasteiger partial charge in [0.2, 0.25) is 0 Å². The van der Waals surface area contributed by atoms with Gasteiger partial charge >= 0.3 is 5.97 Å². The van der Waals surface area contributed by atoms with E-state index in [4.69, 9.17) is 5.11 Å². The lowest BCUT2D eigenvalue weighted by Crippen LogP contribution is -2.29. The standard InChI is InChI=1S/C14H9N3O4/c18-12-10-2-3-15-6-11(10)13(19)17(12)7-9-5-8(14(20)21)1-4-16-9/h1-6H,7H2,(H,20,21). The molecule has 3 rings (SSSR count). The van der Waals surface area contributed by atoms with Crippen molar-refractivity contribution in [2.75, 3.05) is 0 Å². The first-order valence-corrected chi connectivity index (χ1v) is 6.06. The van der Waals surface area contributed by atoms with Crippen LogP contribution in [0.3, 0.4) is 0 Å². The molecule has 1 aliphatic heterocycles. The van der Waals surface area contributed by atoms with Crippen molar-refractivity contribution in [3.05, 3.63) is 59.2 Å². The topological polar surface area (TPSA) is 100 Å². The first-order valence-electron chi connectivity index (χ1n) is 6.06. The van der Waals surface area contributed by atoms with Gasteiger partial charge in [-0.15, -0.1) is 0 Å². The maximum Gasteiger partial charge on any atom is 0.335 e. The van der Waals surface area contributed by atoms with E-state index in [0.29, 0.717) is 11.3 Å². The number of carboxylic acids is 1. The number of aromatic nitrogens is 2. The van der Waals surface area contributed by atoms with Crippen LogP contribution in [0.4, 0.5) is 0 Å². The predicted octanol–water partition coefficient (Wildman–Crippen LogP) is 0.971. The Hall–Kier alpha value is -3.09. The summed E-state index contributed by atoms with van der Waals surface area (Å²) in [6.07, 6.45) is 4.12. The first kappa shape index (κ1) is 12.9. The molecular weight excluding hydrogens is 274 g/mol. The van der Waals surface area contributed by atoms with Gasteiger partial charge < -0.3 is 5.11 Å². The van der Waals surface area contributed by atoms with Crippen LogP contribution in [0.2, 0.25) is 0 Å². The van der Waals surface area contributed by atoms with Crippen LogP contribution >= 0.6 is 0 Å². The fourth-order valence-corrected chi connectivity index (χ4v) is 2.14. The van der Waals surface area contributed by atoms with Gasteiger partial charge in [0, 0.05) is 18.6 Å². The van der Waals surface area contributed by atoms with Gasteiger partial charge in [-0.25, -0.2) is 4.79 Å². The Labute approximate surface area is 118 Å². The molecule has 104 valence electrons. The molecule has 0 saturated carbocycles. The van der Waals surface area contributed by atoms with E-state index in [1.165, 1.54) is 36.8 Å². The summed E-state index contributed by atoms with van der Waals surface area (Å²) in [5.41, 5.74) is 0.928. The second-order valence-corrected chi connectivity index (χ2v) is 4.46. The summed E-state index contributed by atoms with van der Waals surface area (Å²) < 4.78 is 0. The SMILES string of the molecule is O=C(O)c1ccnc(CN2C(=O)c3ccncc3C2=O)c1. The van der Waals surface area contributed by atoms with Crippen molar-refractivity contribution in [2.24, 2.45) is 0 Å². The molecule has 0 radical (unpaired) electrons. The number of carbonyl (C=O) groups is 3. The molecule has 2 aromatic rings. The van der Waals surface area contributed by atoms with Gasteiger partial charge in [0.15, 0.2) is 0 Å². The normalized spacial score (nSPS) is 13.4. The number of nitrogens with zero attached hydrogens (tertiary/aromatic N) is 3. The fraction of sp³-hybridized carbons (Fsp3) is 0.0714. The quantitative estimate of drug-likeness (QED) is 0.842. The maximum atomic E-state index is 12.2. The average Bonchev–Trinajstić information content (AvgIpc) is 2.73. The third kappa shape index (κ3) is 2.14. The van der Waals surface area contributed by atoms with Crippen molar-refractivity contribution in [3.63, 3.8) is 0 Å². The monoisotopic (exact) mass is 283 g/mol. The molecule has 2 aromatic heterocycles. The van der Waals surface area contributed by atoms with Crippen LogP contribution in [-0.2, 0) is 6.54 Å². The summed E-state index contributed by atoms with van der Waals surface area (Å²) in [7, 11) is 0. The summed E-state index contributed by atoms with van der Waals surface area (Å²) in [4.78, 5) is 44.1. The number of pyridine rings is 2. The third-order valence-electron chi connectivity index (χ3n) is 3.16. The van der Waals surface area contributed by atoms with Gasteiger partial charge in [-0.1, -0.05) is 0 Å². The van der Waals surface area contributed by atoms with Crippen LogP contribution in [-0.4, -0.2) is 37.8 Å². The average molecular weight is 283 g/mol. The molecule has 0 spiro atoms. The number of fused-ring (bicyclic) bond motifs is 1. The van der Waals surface area contributed by atoms with E-state index in [2.05, 4.69) is 9.97 Å². The van der Waals surface area contributed by atoms with Crippen molar-refractivity contribution in [1.29, 1.82) is 0 Å². The third-order valence-corrected chi connectivity index (χ3v) is 3.16. The van der Waals surface area contributed by atoms with Crippen LogP contribution in [0.25, 0.3) is 0 Å². The van der Waals surface area contributed by atoms with Crippen LogP contribution in [0.15, 0.2) is 36.8 Å². The minimum atomic E-state index is -1.09. The summed E-state index contributed by atoms with van der Waals surface area (Å²) >= 11 is 0. The van der Waals surface area contributed by atoms with E-state index < -0.39 is 17.8 Å². The Bertz CT molecular complexity index is 737. The summed E-state index contributed by atoms with van der Waals surface area (Å²) in [6, 6.07) is 4.17.